The van der Waals surface area contributed by atoms with Gasteiger partial charge < -0.3 is 20.7 Å². The van der Waals surface area contributed by atoms with Crippen LogP contribution in [0.5, 0.6) is 5.75 Å². The van der Waals surface area contributed by atoms with Crippen molar-refractivity contribution in [3.8, 4) is 11.6 Å². The van der Waals surface area contributed by atoms with Crippen molar-refractivity contribution in [1.29, 1.82) is 0 Å². The summed E-state index contributed by atoms with van der Waals surface area (Å²) >= 11 is 0. The Kier molecular flexibility index (Phi) is 6.06. The summed E-state index contributed by atoms with van der Waals surface area (Å²) in [5, 5.41) is 8.31. The van der Waals surface area contributed by atoms with E-state index in [1.807, 2.05) is 0 Å². The fraction of sp³-hybridized carbons (Fsp3) is 0.0476. The molecule has 0 spiro atoms. The number of amides is 2. The number of hydrogen-bond acceptors (Lipinski definition) is 6. The number of carbonyl (C=O) groups excluding carboxylic acids is 1. The molecular weight excluding hydrogens is 439 g/mol. The zero-order chi connectivity index (χ0) is 23.3. The maximum Gasteiger partial charge on any atom is 0.573 e. The number of alkyl halides is 3. The van der Waals surface area contributed by atoms with Crippen LogP contribution in [0.25, 0.3) is 5.82 Å². The molecular formula is C21H16F3N7O2. The molecule has 2 aromatic heterocycles. The van der Waals surface area contributed by atoms with E-state index in [9.17, 15) is 18.0 Å². The van der Waals surface area contributed by atoms with Crippen LogP contribution in [-0.2, 0) is 0 Å². The van der Waals surface area contributed by atoms with E-state index < -0.39 is 12.4 Å². The molecule has 4 rings (SSSR count). The van der Waals surface area contributed by atoms with Crippen LogP contribution < -0.4 is 20.7 Å². The molecule has 9 nitrogen and oxygen atoms in total. The molecule has 0 radical (unpaired) electrons. The lowest BCUT2D eigenvalue weighted by molar-refractivity contribution is -0.274. The monoisotopic (exact) mass is 455 g/mol. The van der Waals surface area contributed by atoms with Gasteiger partial charge in [0.1, 0.15) is 30.0 Å². The van der Waals surface area contributed by atoms with Gasteiger partial charge in [-0.25, -0.2) is 19.7 Å². The van der Waals surface area contributed by atoms with Gasteiger partial charge in [0.05, 0.1) is 0 Å². The number of benzene rings is 2. The van der Waals surface area contributed by atoms with Crippen molar-refractivity contribution < 1.29 is 22.7 Å². The quantitative estimate of drug-likeness (QED) is 0.380. The summed E-state index contributed by atoms with van der Waals surface area (Å²) in [7, 11) is 0. The van der Waals surface area contributed by atoms with E-state index in [4.69, 9.17) is 0 Å². The molecule has 2 amide bonds. The highest BCUT2D eigenvalue weighted by Gasteiger charge is 2.30. The zero-order valence-corrected chi connectivity index (χ0v) is 16.7. The summed E-state index contributed by atoms with van der Waals surface area (Å²) in [6, 6.07) is 12.9. The SMILES string of the molecule is O=C(Nc1ccc(Nc2cc(-n3ccnc3)ncn2)cc1)Nc1ccc(OC(F)(F)F)cc1. The van der Waals surface area contributed by atoms with Crippen molar-refractivity contribution in [2.24, 2.45) is 0 Å². The first-order valence-corrected chi connectivity index (χ1v) is 9.45. The molecule has 0 aliphatic rings. The molecule has 168 valence electrons. The minimum absolute atomic E-state index is 0.303. The van der Waals surface area contributed by atoms with Crippen LogP contribution in [0, 0.1) is 0 Å². The predicted octanol–water partition coefficient (Wildman–Crippen LogP) is 4.95. The molecule has 0 unspecified atom stereocenters. The average molecular weight is 455 g/mol. The number of anilines is 4. The molecule has 33 heavy (non-hydrogen) atoms. The average Bonchev–Trinajstić information content (AvgIpc) is 3.31. The second-order valence-electron chi connectivity index (χ2n) is 6.59. The fourth-order valence-electron chi connectivity index (χ4n) is 2.77. The van der Waals surface area contributed by atoms with E-state index in [0.717, 1.165) is 17.8 Å². The second-order valence-corrected chi connectivity index (χ2v) is 6.59. The van der Waals surface area contributed by atoms with Gasteiger partial charge in [0.2, 0.25) is 0 Å². The lowest BCUT2D eigenvalue weighted by Crippen LogP contribution is -2.19. The molecule has 0 aliphatic carbocycles. The van der Waals surface area contributed by atoms with Gasteiger partial charge in [-0.2, -0.15) is 0 Å². The van der Waals surface area contributed by atoms with Gasteiger partial charge in [-0.3, -0.25) is 4.57 Å². The fourth-order valence-corrected chi connectivity index (χ4v) is 2.77. The van der Waals surface area contributed by atoms with E-state index in [-0.39, 0.29) is 5.75 Å². The molecule has 2 heterocycles. The summed E-state index contributed by atoms with van der Waals surface area (Å²) in [5.74, 6) is 0.848. The first kappa shape index (κ1) is 21.6. The highest BCUT2D eigenvalue weighted by molar-refractivity contribution is 5.99. The molecule has 0 bridgehead atoms. The number of nitrogens with one attached hydrogen (secondary N) is 3. The van der Waals surface area contributed by atoms with E-state index in [0.29, 0.717) is 23.0 Å². The van der Waals surface area contributed by atoms with Crippen LogP contribution in [0.15, 0.2) is 79.6 Å². The third-order valence-electron chi connectivity index (χ3n) is 4.18. The lowest BCUT2D eigenvalue weighted by Gasteiger charge is -2.11. The summed E-state index contributed by atoms with van der Waals surface area (Å²) < 4.78 is 42.1. The van der Waals surface area contributed by atoms with E-state index in [1.165, 1.54) is 18.5 Å². The molecule has 4 aromatic rings. The van der Waals surface area contributed by atoms with Crippen LogP contribution in [-0.4, -0.2) is 31.9 Å². The number of nitrogens with zero attached hydrogens (tertiary/aromatic N) is 4. The van der Waals surface area contributed by atoms with Gasteiger partial charge in [-0.1, -0.05) is 0 Å². The molecule has 12 heteroatoms. The zero-order valence-electron chi connectivity index (χ0n) is 16.7. The van der Waals surface area contributed by atoms with Crippen LogP contribution in [0.2, 0.25) is 0 Å². The van der Waals surface area contributed by atoms with Gasteiger partial charge in [0, 0.05) is 35.5 Å². The largest absolute Gasteiger partial charge is 0.573 e. The summed E-state index contributed by atoms with van der Waals surface area (Å²) in [5.41, 5.74) is 1.55. The Morgan fingerprint density at radius 1 is 0.909 bits per heavy atom. The van der Waals surface area contributed by atoms with Crippen molar-refractivity contribution in [3.05, 3.63) is 79.6 Å². The third kappa shape index (κ3) is 6.19. The molecule has 0 saturated carbocycles. The number of ether oxygens (including phenoxy) is 1. The predicted molar refractivity (Wildman–Crippen MR) is 115 cm³/mol. The van der Waals surface area contributed by atoms with Crippen LogP contribution in [0.3, 0.4) is 0 Å². The second kappa shape index (κ2) is 9.26. The Bertz CT molecular complexity index is 1210. The van der Waals surface area contributed by atoms with Crippen molar-refractivity contribution in [2.45, 2.75) is 6.36 Å². The van der Waals surface area contributed by atoms with E-state index in [1.54, 1.807) is 53.6 Å². The maximum absolute atomic E-state index is 12.2. The number of hydrogen-bond donors (Lipinski definition) is 3. The number of aromatic nitrogens is 4. The van der Waals surface area contributed by atoms with Crippen molar-refractivity contribution in [1.82, 2.24) is 19.5 Å². The Balaban J connectivity index is 1.32. The molecule has 0 atom stereocenters. The number of urea groups is 1. The van der Waals surface area contributed by atoms with Gasteiger partial charge >= 0.3 is 12.4 Å². The number of carbonyl (C=O) groups is 1. The lowest BCUT2D eigenvalue weighted by atomic mass is 10.2. The highest BCUT2D eigenvalue weighted by Crippen LogP contribution is 2.24. The third-order valence-corrected chi connectivity index (χ3v) is 4.18. The normalized spacial score (nSPS) is 11.0. The summed E-state index contributed by atoms with van der Waals surface area (Å²) in [6.45, 7) is 0. The van der Waals surface area contributed by atoms with Gasteiger partial charge in [-0.05, 0) is 48.5 Å². The summed E-state index contributed by atoms with van der Waals surface area (Å²) in [4.78, 5) is 24.5. The number of imidazole rings is 1. The van der Waals surface area contributed by atoms with Crippen LogP contribution in [0.4, 0.5) is 40.8 Å². The first-order valence-electron chi connectivity index (χ1n) is 9.45. The van der Waals surface area contributed by atoms with Gasteiger partial charge in [-0.15, -0.1) is 13.2 Å². The maximum atomic E-state index is 12.2. The van der Waals surface area contributed by atoms with E-state index in [2.05, 4.69) is 35.6 Å². The Labute approximate surface area is 185 Å². The Hall–Kier alpha value is -4.61. The Morgan fingerprint density at radius 2 is 1.55 bits per heavy atom. The number of halogens is 3. The molecule has 0 saturated heterocycles. The van der Waals surface area contributed by atoms with Gasteiger partial charge in [0.15, 0.2) is 0 Å². The Morgan fingerprint density at radius 3 is 2.15 bits per heavy atom. The van der Waals surface area contributed by atoms with Crippen molar-refractivity contribution >= 4 is 28.9 Å². The minimum Gasteiger partial charge on any atom is -0.406 e. The van der Waals surface area contributed by atoms with Crippen molar-refractivity contribution in [2.75, 3.05) is 16.0 Å². The van der Waals surface area contributed by atoms with Crippen LogP contribution >= 0.6 is 0 Å². The standard InChI is InChI=1S/C21H16F3N7O2/c22-21(23,24)33-17-7-5-16(6-8-17)30-20(32)29-15-3-1-14(2-4-15)28-18-11-19(27-12-26-18)31-10-9-25-13-31/h1-13H,(H,26,27,28)(H2,29,30,32). The minimum atomic E-state index is -4.77. The molecule has 0 aliphatic heterocycles. The molecule has 0 fully saturated rings. The van der Waals surface area contributed by atoms with Gasteiger partial charge in [0.25, 0.3) is 0 Å². The van der Waals surface area contributed by atoms with Crippen LogP contribution in [0.1, 0.15) is 0 Å². The first-order chi connectivity index (χ1) is 15.8. The molecule has 2 aromatic carbocycles. The van der Waals surface area contributed by atoms with E-state index >= 15 is 0 Å². The summed E-state index contributed by atoms with van der Waals surface area (Å²) in [6.07, 6.45) is 1.70. The highest BCUT2D eigenvalue weighted by atomic mass is 19.4. The van der Waals surface area contributed by atoms with Crippen molar-refractivity contribution in [3.63, 3.8) is 0 Å². The number of rotatable bonds is 6. The molecule has 3 N–H and O–H groups in total. The smallest absolute Gasteiger partial charge is 0.406 e. The topological polar surface area (TPSA) is 106 Å².